The highest BCUT2D eigenvalue weighted by atomic mass is 32.1. The molecule has 0 radical (unpaired) electrons. The van der Waals surface area contributed by atoms with E-state index < -0.39 is 5.91 Å². The van der Waals surface area contributed by atoms with Crippen LogP contribution in [0.25, 0.3) is 10.8 Å². The summed E-state index contributed by atoms with van der Waals surface area (Å²) in [4.78, 5) is 26.0. The molecule has 1 aliphatic carbocycles. The second-order valence-electron chi connectivity index (χ2n) is 6.94. The molecule has 0 saturated heterocycles. The summed E-state index contributed by atoms with van der Waals surface area (Å²) in [6, 6.07) is 13.5. The summed E-state index contributed by atoms with van der Waals surface area (Å²) >= 11 is 1.49. The molecule has 26 heavy (non-hydrogen) atoms. The van der Waals surface area contributed by atoms with Gasteiger partial charge in [0.25, 0.3) is 11.8 Å². The minimum atomic E-state index is -0.467. The number of hydrogen-bond acceptors (Lipinski definition) is 3. The normalized spacial score (nSPS) is 16.3. The van der Waals surface area contributed by atoms with Gasteiger partial charge in [-0.3, -0.25) is 9.59 Å². The molecule has 1 aromatic heterocycles. The molecular formula is C21H20N2O2S. The van der Waals surface area contributed by atoms with Gasteiger partial charge in [0.2, 0.25) is 0 Å². The smallest absolute Gasteiger partial charge is 0.256 e. The summed E-state index contributed by atoms with van der Waals surface area (Å²) in [5, 5.41) is 5.60. The highest BCUT2D eigenvalue weighted by molar-refractivity contribution is 7.17. The lowest BCUT2D eigenvalue weighted by atomic mass is 9.87. The molecule has 0 aliphatic heterocycles. The maximum Gasteiger partial charge on any atom is 0.256 e. The first-order chi connectivity index (χ1) is 12.5. The van der Waals surface area contributed by atoms with Crippen LogP contribution in [0, 0.1) is 5.92 Å². The van der Waals surface area contributed by atoms with Crippen LogP contribution in [0.1, 0.15) is 44.5 Å². The highest BCUT2D eigenvalue weighted by Crippen LogP contribution is 2.39. The van der Waals surface area contributed by atoms with E-state index in [1.54, 1.807) is 6.07 Å². The van der Waals surface area contributed by atoms with Gasteiger partial charge in [-0.1, -0.05) is 37.3 Å². The molecule has 132 valence electrons. The van der Waals surface area contributed by atoms with E-state index in [-0.39, 0.29) is 5.91 Å². The van der Waals surface area contributed by atoms with Crippen LogP contribution in [-0.2, 0) is 12.8 Å². The van der Waals surface area contributed by atoms with E-state index in [0.29, 0.717) is 22.0 Å². The van der Waals surface area contributed by atoms with Crippen LogP contribution < -0.4 is 11.1 Å². The molecule has 1 aliphatic rings. The van der Waals surface area contributed by atoms with Gasteiger partial charge in [-0.2, -0.15) is 0 Å². The van der Waals surface area contributed by atoms with Gasteiger partial charge in [0.05, 0.1) is 5.56 Å². The van der Waals surface area contributed by atoms with Crippen LogP contribution in [0.4, 0.5) is 5.00 Å². The summed E-state index contributed by atoms with van der Waals surface area (Å²) in [5.41, 5.74) is 7.72. The molecule has 0 fully saturated rings. The number of thiophene rings is 1. The van der Waals surface area contributed by atoms with E-state index in [2.05, 4.69) is 12.2 Å². The lowest BCUT2D eigenvalue weighted by Gasteiger charge is -2.18. The molecule has 1 heterocycles. The third-order valence-electron chi connectivity index (χ3n) is 4.99. The fraction of sp³-hybridized carbons (Fsp3) is 0.238. The van der Waals surface area contributed by atoms with Gasteiger partial charge in [-0.05, 0) is 53.6 Å². The highest BCUT2D eigenvalue weighted by Gasteiger charge is 2.27. The van der Waals surface area contributed by atoms with Gasteiger partial charge in [0, 0.05) is 10.4 Å². The predicted octanol–water partition coefficient (Wildman–Crippen LogP) is 4.38. The zero-order chi connectivity index (χ0) is 18.3. The van der Waals surface area contributed by atoms with Crippen molar-refractivity contribution in [2.75, 3.05) is 5.32 Å². The molecule has 1 atom stereocenters. The van der Waals surface area contributed by atoms with Gasteiger partial charge < -0.3 is 11.1 Å². The monoisotopic (exact) mass is 364 g/mol. The predicted molar refractivity (Wildman–Crippen MR) is 106 cm³/mol. The fourth-order valence-electron chi connectivity index (χ4n) is 3.61. The largest absolute Gasteiger partial charge is 0.365 e. The van der Waals surface area contributed by atoms with E-state index in [1.165, 1.54) is 16.2 Å². The molecular weight excluding hydrogens is 344 g/mol. The first-order valence-electron chi connectivity index (χ1n) is 8.77. The standard InChI is InChI=1S/C21H20N2O2S/c1-12-6-9-17-16(10-12)18(19(22)24)21(26-17)23-20(25)15-8-7-13-4-2-3-5-14(13)11-15/h2-5,7-8,11-12H,6,9-10H2,1H3,(H2,22,24)(H,23,25). The van der Waals surface area contributed by atoms with E-state index in [4.69, 9.17) is 5.73 Å². The van der Waals surface area contributed by atoms with Gasteiger partial charge in [-0.15, -0.1) is 11.3 Å². The number of amides is 2. The lowest BCUT2D eigenvalue weighted by molar-refractivity contribution is 0.1000. The molecule has 2 amide bonds. The third kappa shape index (κ3) is 2.99. The van der Waals surface area contributed by atoms with Crippen molar-refractivity contribution in [2.45, 2.75) is 26.2 Å². The maximum atomic E-state index is 12.8. The van der Waals surface area contributed by atoms with Gasteiger partial charge >= 0.3 is 0 Å². The van der Waals surface area contributed by atoms with Crippen LogP contribution >= 0.6 is 11.3 Å². The van der Waals surface area contributed by atoms with Crippen molar-refractivity contribution in [3.05, 3.63) is 64.0 Å². The number of carbonyl (C=O) groups excluding carboxylic acids is 2. The van der Waals surface area contributed by atoms with Crippen LogP contribution in [0.2, 0.25) is 0 Å². The van der Waals surface area contributed by atoms with Crippen molar-refractivity contribution in [1.29, 1.82) is 0 Å². The van der Waals surface area contributed by atoms with Crippen molar-refractivity contribution in [2.24, 2.45) is 11.7 Å². The maximum absolute atomic E-state index is 12.8. The molecule has 0 bridgehead atoms. The Balaban J connectivity index is 1.67. The number of anilines is 1. The average molecular weight is 364 g/mol. The van der Waals surface area contributed by atoms with Crippen LogP contribution in [-0.4, -0.2) is 11.8 Å². The summed E-state index contributed by atoms with van der Waals surface area (Å²) in [5.74, 6) is -0.158. The lowest BCUT2D eigenvalue weighted by Crippen LogP contribution is -2.19. The Morgan fingerprint density at radius 1 is 1.15 bits per heavy atom. The quantitative estimate of drug-likeness (QED) is 0.724. The number of rotatable bonds is 3. The summed E-state index contributed by atoms with van der Waals surface area (Å²) in [6.07, 6.45) is 2.88. The molecule has 4 rings (SSSR count). The zero-order valence-electron chi connectivity index (χ0n) is 14.5. The van der Waals surface area contributed by atoms with Crippen molar-refractivity contribution < 1.29 is 9.59 Å². The van der Waals surface area contributed by atoms with Gasteiger partial charge in [0.15, 0.2) is 0 Å². The van der Waals surface area contributed by atoms with Crippen molar-refractivity contribution in [3.63, 3.8) is 0 Å². The fourth-order valence-corrected chi connectivity index (χ4v) is 4.86. The first kappa shape index (κ1) is 16.8. The van der Waals surface area contributed by atoms with Gasteiger partial charge in [-0.25, -0.2) is 0 Å². The van der Waals surface area contributed by atoms with Crippen molar-refractivity contribution in [3.8, 4) is 0 Å². The number of aryl methyl sites for hydroxylation is 1. The van der Waals surface area contributed by atoms with Gasteiger partial charge in [0.1, 0.15) is 5.00 Å². The minimum absolute atomic E-state index is 0.218. The summed E-state index contributed by atoms with van der Waals surface area (Å²) < 4.78 is 0. The Morgan fingerprint density at radius 3 is 2.69 bits per heavy atom. The Bertz CT molecular complexity index is 1020. The second kappa shape index (κ2) is 6.57. The number of hydrogen-bond donors (Lipinski definition) is 2. The number of nitrogens with two attached hydrogens (primary N) is 1. The van der Waals surface area contributed by atoms with Crippen molar-refractivity contribution >= 4 is 38.9 Å². The minimum Gasteiger partial charge on any atom is -0.365 e. The zero-order valence-corrected chi connectivity index (χ0v) is 15.4. The Hall–Kier alpha value is -2.66. The summed E-state index contributed by atoms with van der Waals surface area (Å²) in [6.45, 7) is 2.18. The topological polar surface area (TPSA) is 72.2 Å². The Morgan fingerprint density at radius 2 is 1.92 bits per heavy atom. The van der Waals surface area contributed by atoms with Crippen molar-refractivity contribution in [1.82, 2.24) is 0 Å². The molecule has 4 nitrogen and oxygen atoms in total. The number of nitrogens with one attached hydrogen (secondary N) is 1. The molecule has 3 N–H and O–H groups in total. The van der Waals surface area contributed by atoms with Crippen LogP contribution in [0.15, 0.2) is 42.5 Å². The van der Waals surface area contributed by atoms with E-state index in [0.717, 1.165) is 35.6 Å². The molecule has 0 saturated carbocycles. The van der Waals surface area contributed by atoms with Crippen LogP contribution in [0.3, 0.4) is 0 Å². The van der Waals surface area contributed by atoms with E-state index in [9.17, 15) is 9.59 Å². The van der Waals surface area contributed by atoms with E-state index >= 15 is 0 Å². The Kier molecular flexibility index (Phi) is 4.24. The van der Waals surface area contributed by atoms with E-state index in [1.807, 2.05) is 36.4 Å². The molecule has 2 aromatic carbocycles. The third-order valence-corrected chi connectivity index (χ3v) is 6.20. The molecule has 3 aromatic rings. The number of fused-ring (bicyclic) bond motifs is 2. The number of benzene rings is 2. The molecule has 0 spiro atoms. The SMILES string of the molecule is CC1CCc2sc(NC(=O)c3ccc4ccccc4c3)c(C(N)=O)c2C1. The van der Waals surface area contributed by atoms with Crippen LogP contribution in [0.5, 0.6) is 0 Å². The number of primary amides is 1. The molecule has 5 heteroatoms. The average Bonchev–Trinajstić information content (AvgIpc) is 2.98. The second-order valence-corrected chi connectivity index (χ2v) is 8.04. The Labute approximate surface area is 156 Å². The molecule has 1 unspecified atom stereocenters. The first-order valence-corrected chi connectivity index (χ1v) is 9.59. The number of carbonyl (C=O) groups is 2. The summed E-state index contributed by atoms with van der Waals surface area (Å²) in [7, 11) is 0.